The van der Waals surface area contributed by atoms with E-state index >= 15 is 0 Å². The third-order valence-electron chi connectivity index (χ3n) is 4.95. The van der Waals surface area contributed by atoms with Gasteiger partial charge in [0.05, 0.1) is 16.6 Å². The largest absolute Gasteiger partial charge is 0.444 e. The molecule has 30 heavy (non-hydrogen) atoms. The van der Waals surface area contributed by atoms with Gasteiger partial charge in [-0.2, -0.15) is 0 Å². The Morgan fingerprint density at radius 3 is 2.57 bits per heavy atom. The van der Waals surface area contributed by atoms with Gasteiger partial charge in [0.2, 0.25) is 0 Å². The highest BCUT2D eigenvalue weighted by Gasteiger charge is 2.32. The molecule has 154 valence electrons. The first kappa shape index (κ1) is 19.8. The number of hydrogen-bond acceptors (Lipinski definition) is 5. The molecule has 1 N–H and O–H groups in total. The zero-order chi connectivity index (χ0) is 21.5. The molecular formula is C23H23N3O4. The van der Waals surface area contributed by atoms with Crippen molar-refractivity contribution in [2.75, 3.05) is 6.54 Å². The number of ketones is 1. The Kier molecular flexibility index (Phi) is 4.89. The van der Waals surface area contributed by atoms with Crippen LogP contribution in [-0.2, 0) is 11.3 Å². The van der Waals surface area contributed by atoms with Crippen LogP contribution >= 0.6 is 0 Å². The van der Waals surface area contributed by atoms with Crippen molar-refractivity contribution in [2.45, 2.75) is 39.3 Å². The van der Waals surface area contributed by atoms with Crippen LogP contribution in [0.25, 0.3) is 22.0 Å². The molecule has 0 atom stereocenters. The van der Waals surface area contributed by atoms with Gasteiger partial charge in [-0.3, -0.25) is 14.6 Å². The second-order valence-corrected chi connectivity index (χ2v) is 8.26. The molecule has 0 bridgehead atoms. The van der Waals surface area contributed by atoms with Crippen molar-refractivity contribution in [3.63, 3.8) is 0 Å². The molecular weight excluding hydrogens is 382 g/mol. The molecule has 1 aliphatic rings. The van der Waals surface area contributed by atoms with Crippen molar-refractivity contribution in [1.82, 2.24) is 14.9 Å². The molecule has 1 aliphatic carbocycles. The molecule has 0 spiro atoms. The van der Waals surface area contributed by atoms with Gasteiger partial charge >= 0.3 is 6.09 Å². The summed E-state index contributed by atoms with van der Waals surface area (Å²) in [6.07, 6.45) is 3.15. The number of hydrogen-bond donors (Lipinski definition) is 1. The number of nitrogens with zero attached hydrogens (tertiary/aromatic N) is 2. The quantitative estimate of drug-likeness (QED) is 0.525. The van der Waals surface area contributed by atoms with E-state index < -0.39 is 11.7 Å². The summed E-state index contributed by atoms with van der Waals surface area (Å²) < 4.78 is 6.87. The molecule has 7 nitrogen and oxygen atoms in total. The first-order valence-electron chi connectivity index (χ1n) is 9.89. The standard InChI is InChI=1S/C23H23N3O4/c1-23(2,3)30-22(29)25-10-6-12-26-19-14-7-4-5-8-15(14)20(27)18(19)17-13-24-11-9-16(17)21(26)28/h4-5,7-9,11,13H,6,10,12H2,1-3H3,(H,25,29). The number of carbonyl (C=O) groups is 2. The van der Waals surface area contributed by atoms with E-state index in [0.717, 1.165) is 5.56 Å². The Balaban J connectivity index is 1.68. The fourth-order valence-corrected chi connectivity index (χ4v) is 3.78. The van der Waals surface area contributed by atoms with E-state index in [-0.39, 0.29) is 11.3 Å². The van der Waals surface area contributed by atoms with E-state index in [1.807, 2.05) is 18.2 Å². The number of ether oxygens (including phenoxy) is 1. The maximum absolute atomic E-state index is 13.2. The predicted octanol–water partition coefficient (Wildman–Crippen LogP) is 3.52. The molecule has 0 unspecified atom stereocenters. The lowest BCUT2D eigenvalue weighted by atomic mass is 10.0. The number of carbonyl (C=O) groups excluding carboxylic acids is 2. The van der Waals surface area contributed by atoms with E-state index in [9.17, 15) is 14.4 Å². The van der Waals surface area contributed by atoms with Crippen molar-refractivity contribution < 1.29 is 14.3 Å². The molecule has 0 saturated heterocycles. The number of aromatic nitrogens is 2. The van der Waals surface area contributed by atoms with E-state index in [4.69, 9.17) is 4.74 Å². The van der Waals surface area contributed by atoms with Crippen LogP contribution in [0, 0.1) is 0 Å². The Hall–Kier alpha value is -3.48. The number of benzene rings is 1. The van der Waals surface area contributed by atoms with Gasteiger partial charge in [-0.25, -0.2) is 4.79 Å². The van der Waals surface area contributed by atoms with Gasteiger partial charge in [0.15, 0.2) is 5.78 Å². The van der Waals surface area contributed by atoms with Crippen molar-refractivity contribution in [1.29, 1.82) is 0 Å². The zero-order valence-electron chi connectivity index (χ0n) is 17.2. The number of nitrogens with one attached hydrogen (secondary N) is 1. The SMILES string of the molecule is CC(C)(C)OC(=O)NCCCn1c2c(c3cnccc3c1=O)C(=O)c1ccccc1-2. The van der Waals surface area contributed by atoms with E-state index in [0.29, 0.717) is 47.1 Å². The summed E-state index contributed by atoms with van der Waals surface area (Å²) in [6, 6.07) is 8.95. The van der Waals surface area contributed by atoms with Crippen LogP contribution in [0.5, 0.6) is 0 Å². The van der Waals surface area contributed by atoms with E-state index in [1.165, 1.54) is 0 Å². The van der Waals surface area contributed by atoms with Crippen LogP contribution in [0.2, 0.25) is 0 Å². The van der Waals surface area contributed by atoms with Crippen molar-refractivity contribution >= 4 is 22.6 Å². The van der Waals surface area contributed by atoms with E-state index in [2.05, 4.69) is 10.3 Å². The molecule has 2 aromatic heterocycles. The lowest BCUT2D eigenvalue weighted by molar-refractivity contribution is 0.0526. The van der Waals surface area contributed by atoms with Gasteiger partial charge in [0.25, 0.3) is 5.56 Å². The zero-order valence-corrected chi connectivity index (χ0v) is 17.2. The van der Waals surface area contributed by atoms with Crippen LogP contribution in [-0.4, -0.2) is 33.6 Å². The van der Waals surface area contributed by atoms with E-state index in [1.54, 1.807) is 49.9 Å². The summed E-state index contributed by atoms with van der Waals surface area (Å²) in [4.78, 5) is 42.3. The second-order valence-electron chi connectivity index (χ2n) is 8.26. The normalized spacial score (nSPS) is 12.6. The Morgan fingerprint density at radius 1 is 1.10 bits per heavy atom. The first-order valence-corrected chi connectivity index (χ1v) is 9.89. The first-order chi connectivity index (χ1) is 14.3. The van der Waals surface area contributed by atoms with Gasteiger partial charge < -0.3 is 14.6 Å². The second kappa shape index (κ2) is 7.40. The Morgan fingerprint density at radius 2 is 1.83 bits per heavy atom. The molecule has 3 aromatic rings. The predicted molar refractivity (Wildman–Crippen MR) is 114 cm³/mol. The van der Waals surface area contributed by atoms with Gasteiger partial charge in [-0.05, 0) is 33.3 Å². The average Bonchev–Trinajstić information content (AvgIpc) is 2.99. The highest BCUT2D eigenvalue weighted by Crippen LogP contribution is 2.38. The number of rotatable bonds is 4. The molecule has 0 saturated carbocycles. The fourth-order valence-electron chi connectivity index (χ4n) is 3.78. The minimum atomic E-state index is -0.571. The third kappa shape index (κ3) is 3.47. The number of fused-ring (bicyclic) bond motifs is 5. The lowest BCUT2D eigenvalue weighted by Gasteiger charge is -2.20. The average molecular weight is 405 g/mol. The molecule has 7 heteroatoms. The van der Waals surface area contributed by atoms with Crippen molar-refractivity contribution in [2.24, 2.45) is 0 Å². The molecule has 0 radical (unpaired) electrons. The topological polar surface area (TPSA) is 90.3 Å². The maximum atomic E-state index is 13.2. The molecule has 1 aromatic carbocycles. The lowest BCUT2D eigenvalue weighted by Crippen LogP contribution is -2.33. The summed E-state index contributed by atoms with van der Waals surface area (Å²) in [6.45, 7) is 6.10. The number of alkyl carbamates (subject to hydrolysis) is 1. The Bertz CT molecular complexity index is 1220. The summed E-state index contributed by atoms with van der Waals surface area (Å²) in [5.41, 5.74) is 1.73. The molecule has 4 rings (SSSR count). The molecule has 0 fully saturated rings. The summed E-state index contributed by atoms with van der Waals surface area (Å²) >= 11 is 0. The fraction of sp³-hybridized carbons (Fsp3) is 0.304. The van der Waals surface area contributed by atoms with Gasteiger partial charge in [-0.1, -0.05) is 24.3 Å². The molecule has 1 amide bonds. The number of pyridine rings is 2. The summed E-state index contributed by atoms with van der Waals surface area (Å²) in [5.74, 6) is -0.0979. The monoisotopic (exact) mass is 405 g/mol. The highest BCUT2D eigenvalue weighted by atomic mass is 16.6. The molecule has 0 aliphatic heterocycles. The minimum absolute atomic E-state index is 0.0979. The highest BCUT2D eigenvalue weighted by molar-refractivity contribution is 6.26. The Labute approximate surface area is 173 Å². The third-order valence-corrected chi connectivity index (χ3v) is 4.95. The van der Waals surface area contributed by atoms with Crippen LogP contribution in [0.1, 0.15) is 43.1 Å². The van der Waals surface area contributed by atoms with Gasteiger partial charge in [0, 0.05) is 42.0 Å². The van der Waals surface area contributed by atoms with Crippen LogP contribution < -0.4 is 10.9 Å². The minimum Gasteiger partial charge on any atom is -0.444 e. The van der Waals surface area contributed by atoms with Crippen LogP contribution in [0.4, 0.5) is 4.79 Å². The maximum Gasteiger partial charge on any atom is 0.407 e. The van der Waals surface area contributed by atoms with Gasteiger partial charge in [0.1, 0.15) is 5.60 Å². The van der Waals surface area contributed by atoms with Crippen LogP contribution in [0.3, 0.4) is 0 Å². The van der Waals surface area contributed by atoms with Crippen molar-refractivity contribution in [3.05, 3.63) is 64.2 Å². The number of amides is 1. The summed E-state index contributed by atoms with van der Waals surface area (Å²) in [7, 11) is 0. The van der Waals surface area contributed by atoms with Crippen LogP contribution in [0.15, 0.2) is 47.5 Å². The molecule has 2 heterocycles. The smallest absolute Gasteiger partial charge is 0.407 e. The van der Waals surface area contributed by atoms with Gasteiger partial charge in [-0.15, -0.1) is 0 Å². The van der Waals surface area contributed by atoms with Crippen molar-refractivity contribution in [3.8, 4) is 11.3 Å². The summed E-state index contributed by atoms with van der Waals surface area (Å²) in [5, 5.41) is 3.74.